The van der Waals surface area contributed by atoms with Crippen molar-refractivity contribution in [3.05, 3.63) is 48.0 Å². The molecule has 0 saturated heterocycles. The number of hydrogen-bond acceptors (Lipinski definition) is 10. The Balaban J connectivity index is 1.81. The molecule has 1 unspecified atom stereocenters. The molecule has 9 nitrogen and oxygen atoms in total. The first-order valence-corrected chi connectivity index (χ1v) is 12.5. The number of amides is 1. The molecular weight excluding hydrogens is 462 g/mol. The SMILES string of the molecule is CCCC(CO)Nc1nc(Nc2ccc([S-](=O)=NC(=O)OCC)cc2)ncc1-c1cccs1. The number of benzene rings is 1. The van der Waals surface area contributed by atoms with Gasteiger partial charge in [0.2, 0.25) is 5.95 Å². The number of carbonyl (C=O) groups is 1. The first-order chi connectivity index (χ1) is 16.0. The summed E-state index contributed by atoms with van der Waals surface area (Å²) < 4.78 is 20.3. The van der Waals surface area contributed by atoms with E-state index < -0.39 is 16.7 Å². The fourth-order valence-corrected chi connectivity index (χ4v) is 4.37. The Kier molecular flexibility index (Phi) is 9.16. The third-order valence-electron chi connectivity index (χ3n) is 4.51. The fourth-order valence-electron chi connectivity index (χ4n) is 2.97. The van der Waals surface area contributed by atoms with E-state index >= 15 is 0 Å². The predicted molar refractivity (Wildman–Crippen MR) is 130 cm³/mol. The van der Waals surface area contributed by atoms with E-state index in [9.17, 15) is 14.1 Å². The van der Waals surface area contributed by atoms with Crippen LogP contribution in [0.2, 0.25) is 0 Å². The fraction of sp³-hybridized carbons (Fsp3) is 0.318. The second-order valence-electron chi connectivity index (χ2n) is 6.93. The van der Waals surface area contributed by atoms with Crippen molar-refractivity contribution in [2.75, 3.05) is 23.8 Å². The van der Waals surface area contributed by atoms with Gasteiger partial charge in [-0.2, -0.15) is 4.98 Å². The Morgan fingerprint density at radius 3 is 2.70 bits per heavy atom. The smallest absolute Gasteiger partial charge is 0.410 e. The summed E-state index contributed by atoms with van der Waals surface area (Å²) in [5, 5.41) is 18.2. The molecule has 0 radical (unpaired) electrons. The van der Waals surface area contributed by atoms with Gasteiger partial charge in [0, 0.05) is 16.8 Å². The molecule has 0 fully saturated rings. The second-order valence-corrected chi connectivity index (χ2v) is 9.03. The molecule has 176 valence electrons. The van der Waals surface area contributed by atoms with Crippen LogP contribution in [0.5, 0.6) is 0 Å². The van der Waals surface area contributed by atoms with E-state index in [2.05, 4.69) is 36.6 Å². The number of nitrogens with one attached hydrogen (secondary N) is 2. The maximum atomic E-state index is 12.1. The van der Waals surface area contributed by atoms with Gasteiger partial charge in [0.25, 0.3) is 0 Å². The van der Waals surface area contributed by atoms with Crippen LogP contribution < -0.4 is 10.6 Å². The summed E-state index contributed by atoms with van der Waals surface area (Å²) in [5.41, 5.74) is 1.53. The average molecular weight is 489 g/mol. The molecule has 0 spiro atoms. The molecule has 2 aromatic heterocycles. The number of aliphatic hydroxyl groups is 1. The van der Waals surface area contributed by atoms with Crippen LogP contribution in [-0.2, 0) is 19.5 Å². The zero-order valence-corrected chi connectivity index (χ0v) is 20.0. The van der Waals surface area contributed by atoms with E-state index in [0.717, 1.165) is 23.3 Å². The van der Waals surface area contributed by atoms with Gasteiger partial charge in [-0.15, -0.1) is 21.9 Å². The highest BCUT2D eigenvalue weighted by Crippen LogP contribution is 2.31. The van der Waals surface area contributed by atoms with Crippen LogP contribution in [0.3, 0.4) is 0 Å². The lowest BCUT2D eigenvalue weighted by molar-refractivity contribution is 0.164. The van der Waals surface area contributed by atoms with Gasteiger partial charge in [-0.05, 0) is 36.9 Å². The Morgan fingerprint density at radius 1 is 1.27 bits per heavy atom. The zero-order chi connectivity index (χ0) is 23.6. The van der Waals surface area contributed by atoms with Gasteiger partial charge in [0.15, 0.2) is 0 Å². The third-order valence-corrected chi connectivity index (χ3v) is 6.40. The second kappa shape index (κ2) is 12.3. The molecule has 0 bridgehead atoms. The van der Waals surface area contributed by atoms with E-state index in [1.165, 1.54) is 0 Å². The molecule has 11 heteroatoms. The third kappa shape index (κ3) is 6.98. The number of aromatic nitrogens is 2. The quantitative estimate of drug-likeness (QED) is 0.333. The Bertz CT molecular complexity index is 1130. The summed E-state index contributed by atoms with van der Waals surface area (Å²) in [6.45, 7) is 3.89. The molecule has 3 rings (SSSR count). The van der Waals surface area contributed by atoms with Crippen molar-refractivity contribution in [2.24, 2.45) is 4.36 Å². The van der Waals surface area contributed by atoms with Gasteiger partial charge in [-0.25, -0.2) is 9.78 Å². The summed E-state index contributed by atoms with van der Waals surface area (Å²) in [7, 11) is -1.84. The first-order valence-electron chi connectivity index (χ1n) is 10.5. The Morgan fingerprint density at radius 2 is 2.06 bits per heavy atom. The van der Waals surface area contributed by atoms with Crippen LogP contribution in [0, 0.1) is 0 Å². The van der Waals surface area contributed by atoms with Gasteiger partial charge in [0.1, 0.15) is 5.82 Å². The van der Waals surface area contributed by atoms with Crippen LogP contribution in [0.25, 0.3) is 10.4 Å². The molecule has 2 heterocycles. The van der Waals surface area contributed by atoms with Crippen molar-refractivity contribution < 1.29 is 18.8 Å². The zero-order valence-electron chi connectivity index (χ0n) is 18.4. The maximum Gasteiger partial charge on any atom is 0.410 e. The number of nitrogens with zero attached hydrogens (tertiary/aromatic N) is 3. The highest BCUT2D eigenvalue weighted by molar-refractivity contribution is 7.75. The largest absolute Gasteiger partial charge is 0.450 e. The normalized spacial score (nSPS) is 12.8. The molecule has 0 saturated carbocycles. The number of rotatable bonds is 10. The molecule has 0 aliphatic rings. The van der Waals surface area contributed by atoms with E-state index in [0.29, 0.717) is 22.3 Å². The summed E-state index contributed by atoms with van der Waals surface area (Å²) >= 11 is 1.59. The topological polar surface area (TPSA) is 126 Å². The number of thiophene rings is 1. The summed E-state index contributed by atoms with van der Waals surface area (Å²) in [6.07, 6.45) is 2.62. The van der Waals surface area contributed by atoms with Crippen molar-refractivity contribution in [3.8, 4) is 10.4 Å². The minimum atomic E-state index is -1.84. The number of hydrogen-bond donors (Lipinski definition) is 3. The summed E-state index contributed by atoms with van der Waals surface area (Å²) in [5.74, 6) is 1.00. The van der Waals surface area contributed by atoms with E-state index in [4.69, 9.17) is 0 Å². The van der Waals surface area contributed by atoms with Crippen LogP contribution >= 0.6 is 11.3 Å². The van der Waals surface area contributed by atoms with Crippen LogP contribution in [0.4, 0.5) is 22.2 Å². The van der Waals surface area contributed by atoms with E-state index in [1.807, 2.05) is 17.5 Å². The maximum absolute atomic E-state index is 12.1. The lowest BCUT2D eigenvalue weighted by atomic mass is 10.1. The molecule has 1 atom stereocenters. The van der Waals surface area contributed by atoms with Crippen molar-refractivity contribution >= 4 is 45.5 Å². The van der Waals surface area contributed by atoms with Gasteiger partial charge in [-0.3, -0.25) is 4.36 Å². The minimum Gasteiger partial charge on any atom is -0.450 e. The van der Waals surface area contributed by atoms with Crippen LogP contribution in [-0.4, -0.2) is 40.4 Å². The Labute approximate surface area is 198 Å². The number of carbonyl (C=O) groups excluding carboxylic acids is 1. The van der Waals surface area contributed by atoms with Gasteiger partial charge in [-0.1, -0.05) is 36.4 Å². The lowest BCUT2D eigenvalue weighted by Gasteiger charge is -2.19. The molecule has 33 heavy (non-hydrogen) atoms. The van der Waals surface area contributed by atoms with Crippen LogP contribution in [0.1, 0.15) is 26.7 Å². The molecule has 3 aromatic rings. The lowest BCUT2D eigenvalue weighted by Crippen LogP contribution is -2.24. The number of aliphatic hydroxyl groups excluding tert-OH is 1. The predicted octanol–water partition coefficient (Wildman–Crippen LogP) is 5.18. The minimum absolute atomic E-state index is 0.0000603. The van der Waals surface area contributed by atoms with Crippen molar-refractivity contribution in [1.82, 2.24) is 9.97 Å². The monoisotopic (exact) mass is 488 g/mol. The Hall–Kier alpha value is -3.02. The molecule has 1 amide bonds. The summed E-state index contributed by atoms with van der Waals surface area (Å²) in [4.78, 5) is 21.8. The van der Waals surface area contributed by atoms with E-state index in [1.54, 1.807) is 48.7 Å². The summed E-state index contributed by atoms with van der Waals surface area (Å²) in [6, 6.07) is 10.4. The standard InChI is InChI=1S/C22H26N5O4S2/c1-3-6-16(14-28)24-20-18(19-7-5-12-32-19)13-23-21(26-20)25-15-8-10-17(11-9-15)33(30)27-22(29)31-4-2/h5,7-13,16,28H,3-4,6,14H2,1-2H3,(H2,23,24,25,26)/q-1. The first kappa shape index (κ1) is 24.6. The highest BCUT2D eigenvalue weighted by atomic mass is 32.2. The van der Waals surface area contributed by atoms with Gasteiger partial charge < -0.3 is 24.7 Å². The van der Waals surface area contributed by atoms with Crippen LogP contribution in [0.15, 0.2) is 57.2 Å². The molecule has 1 aromatic carbocycles. The molecule has 0 aliphatic carbocycles. The van der Waals surface area contributed by atoms with Gasteiger partial charge >= 0.3 is 6.09 Å². The van der Waals surface area contributed by atoms with E-state index in [-0.39, 0.29) is 19.3 Å². The number of ether oxygens (including phenoxy) is 1. The highest BCUT2D eigenvalue weighted by Gasteiger charge is 2.14. The molecule has 3 N–H and O–H groups in total. The van der Waals surface area contributed by atoms with Crippen molar-refractivity contribution in [2.45, 2.75) is 37.6 Å². The van der Waals surface area contributed by atoms with Crippen molar-refractivity contribution in [1.29, 1.82) is 0 Å². The van der Waals surface area contributed by atoms with Gasteiger partial charge in [0.05, 0.1) is 24.8 Å². The molecule has 0 aliphatic heterocycles. The number of anilines is 3. The average Bonchev–Trinajstić information content (AvgIpc) is 3.34. The molecular formula is C22H26N5O4S2-. The van der Waals surface area contributed by atoms with Crippen molar-refractivity contribution in [3.63, 3.8) is 0 Å².